The van der Waals surface area contributed by atoms with Gasteiger partial charge in [-0.05, 0) is 6.07 Å². The Labute approximate surface area is 95.6 Å². The monoisotopic (exact) mass is 267 g/mol. The van der Waals surface area contributed by atoms with E-state index >= 15 is 0 Å². The van der Waals surface area contributed by atoms with Crippen LogP contribution in [0, 0.1) is 0 Å². The van der Waals surface area contributed by atoms with Gasteiger partial charge in [-0.15, -0.1) is 0 Å². The molecule has 15 heavy (non-hydrogen) atoms. The first-order valence-corrected chi connectivity index (χ1v) is 5.43. The normalized spacial score (nSPS) is 12.7. The number of para-hydroxylation sites is 1. The van der Waals surface area contributed by atoms with Crippen LogP contribution in [0.25, 0.3) is 10.9 Å². The fourth-order valence-corrected chi connectivity index (χ4v) is 2.10. The molecule has 1 heterocycles. The van der Waals surface area contributed by atoms with Crippen molar-refractivity contribution in [2.24, 2.45) is 0 Å². The summed E-state index contributed by atoms with van der Waals surface area (Å²) in [5.41, 5.74) is 1.92. The molecule has 0 saturated heterocycles. The van der Waals surface area contributed by atoms with E-state index in [0.717, 1.165) is 16.5 Å². The molecule has 0 saturated carbocycles. The number of ether oxygens (including phenoxy) is 1. The molecule has 0 aliphatic rings. The molecule has 0 bridgehead atoms. The zero-order valence-electron chi connectivity index (χ0n) is 8.16. The van der Waals surface area contributed by atoms with E-state index in [1.54, 1.807) is 0 Å². The number of alkyl halides is 1. The van der Waals surface area contributed by atoms with Crippen LogP contribution in [-0.4, -0.2) is 18.1 Å². The molecule has 1 aromatic carbocycles. The van der Waals surface area contributed by atoms with E-state index in [4.69, 9.17) is 0 Å². The topological polar surface area (TPSA) is 42.1 Å². The highest BCUT2D eigenvalue weighted by Gasteiger charge is 2.20. The van der Waals surface area contributed by atoms with Crippen LogP contribution in [0.5, 0.6) is 0 Å². The number of nitrogens with one attached hydrogen (secondary N) is 1. The summed E-state index contributed by atoms with van der Waals surface area (Å²) in [7, 11) is 1.38. The van der Waals surface area contributed by atoms with Crippen LogP contribution in [0.4, 0.5) is 0 Å². The van der Waals surface area contributed by atoms with E-state index in [2.05, 4.69) is 25.7 Å². The SMILES string of the molecule is COC(=O)C(Br)c1c[nH]c2ccccc12. The Kier molecular flexibility index (Phi) is 2.77. The first-order valence-electron chi connectivity index (χ1n) is 4.52. The largest absolute Gasteiger partial charge is 0.468 e. The maximum absolute atomic E-state index is 11.4. The molecule has 2 rings (SSSR count). The third-order valence-electron chi connectivity index (χ3n) is 2.30. The van der Waals surface area contributed by atoms with Crippen LogP contribution in [0.3, 0.4) is 0 Å². The molecule has 1 aromatic heterocycles. The van der Waals surface area contributed by atoms with Gasteiger partial charge in [0.1, 0.15) is 4.83 Å². The summed E-state index contributed by atoms with van der Waals surface area (Å²) in [5, 5.41) is 1.03. The second kappa shape index (κ2) is 4.06. The zero-order valence-corrected chi connectivity index (χ0v) is 9.74. The van der Waals surface area contributed by atoms with Gasteiger partial charge in [0.2, 0.25) is 0 Å². The van der Waals surface area contributed by atoms with Crippen LogP contribution < -0.4 is 0 Å². The summed E-state index contributed by atoms with van der Waals surface area (Å²) < 4.78 is 4.69. The van der Waals surface area contributed by atoms with Crippen molar-refractivity contribution in [2.45, 2.75) is 4.83 Å². The lowest BCUT2D eigenvalue weighted by molar-refractivity contribution is -0.139. The Morgan fingerprint density at radius 3 is 2.93 bits per heavy atom. The Bertz CT molecular complexity index is 492. The fourth-order valence-electron chi connectivity index (χ4n) is 1.53. The smallest absolute Gasteiger partial charge is 0.324 e. The summed E-state index contributed by atoms with van der Waals surface area (Å²) in [5.74, 6) is -0.292. The van der Waals surface area contributed by atoms with Crippen molar-refractivity contribution in [2.75, 3.05) is 7.11 Å². The van der Waals surface area contributed by atoms with E-state index in [9.17, 15) is 4.79 Å². The summed E-state index contributed by atoms with van der Waals surface area (Å²) in [6, 6.07) is 7.83. The standard InChI is InChI=1S/C11H10BrNO2/c1-15-11(14)10(12)8-6-13-9-5-3-2-4-7(8)9/h2-6,10,13H,1H3. The second-order valence-electron chi connectivity index (χ2n) is 3.18. The lowest BCUT2D eigenvalue weighted by Crippen LogP contribution is -2.07. The van der Waals surface area contributed by atoms with E-state index in [-0.39, 0.29) is 5.97 Å². The first kappa shape index (κ1) is 10.2. The van der Waals surface area contributed by atoms with Gasteiger partial charge in [-0.2, -0.15) is 0 Å². The van der Waals surface area contributed by atoms with Crippen molar-refractivity contribution in [1.82, 2.24) is 4.98 Å². The van der Waals surface area contributed by atoms with Gasteiger partial charge in [-0.25, -0.2) is 0 Å². The number of aromatic nitrogens is 1. The second-order valence-corrected chi connectivity index (χ2v) is 4.09. The van der Waals surface area contributed by atoms with Crippen molar-refractivity contribution >= 4 is 32.8 Å². The van der Waals surface area contributed by atoms with Crippen molar-refractivity contribution < 1.29 is 9.53 Å². The maximum Gasteiger partial charge on any atom is 0.324 e. The average Bonchev–Trinajstić information content (AvgIpc) is 2.70. The van der Waals surface area contributed by atoms with Crippen LogP contribution in [0.1, 0.15) is 10.4 Å². The highest BCUT2D eigenvalue weighted by atomic mass is 79.9. The number of carbonyl (C=O) groups is 1. The predicted octanol–water partition coefficient (Wildman–Crippen LogP) is 2.78. The first-order chi connectivity index (χ1) is 7.24. The number of fused-ring (bicyclic) bond motifs is 1. The lowest BCUT2D eigenvalue weighted by atomic mass is 10.1. The molecule has 1 unspecified atom stereocenters. The molecule has 1 atom stereocenters. The molecule has 0 radical (unpaired) electrons. The Balaban J connectivity index is 2.48. The minimum atomic E-state index is -0.418. The van der Waals surface area contributed by atoms with Crippen molar-refractivity contribution in [3.63, 3.8) is 0 Å². The van der Waals surface area contributed by atoms with Gasteiger partial charge < -0.3 is 9.72 Å². The van der Waals surface area contributed by atoms with Gasteiger partial charge in [0, 0.05) is 22.7 Å². The number of hydrogen-bond acceptors (Lipinski definition) is 2. The Morgan fingerprint density at radius 2 is 2.20 bits per heavy atom. The van der Waals surface area contributed by atoms with Crippen LogP contribution >= 0.6 is 15.9 Å². The van der Waals surface area contributed by atoms with Gasteiger partial charge in [0.25, 0.3) is 0 Å². The molecule has 1 N–H and O–H groups in total. The van der Waals surface area contributed by atoms with Gasteiger partial charge in [-0.3, -0.25) is 4.79 Å². The third-order valence-corrected chi connectivity index (χ3v) is 3.17. The van der Waals surface area contributed by atoms with Crippen molar-refractivity contribution in [1.29, 1.82) is 0 Å². The fraction of sp³-hybridized carbons (Fsp3) is 0.182. The van der Waals surface area contributed by atoms with Crippen molar-refractivity contribution in [3.8, 4) is 0 Å². The molecule has 0 fully saturated rings. The van der Waals surface area contributed by atoms with Crippen LogP contribution in [0.2, 0.25) is 0 Å². The van der Waals surface area contributed by atoms with Gasteiger partial charge in [-0.1, -0.05) is 34.1 Å². The quantitative estimate of drug-likeness (QED) is 0.672. The van der Waals surface area contributed by atoms with E-state index in [1.165, 1.54) is 7.11 Å². The number of rotatable bonds is 2. The highest BCUT2D eigenvalue weighted by Crippen LogP contribution is 2.30. The van der Waals surface area contributed by atoms with Gasteiger partial charge >= 0.3 is 5.97 Å². The minimum Gasteiger partial charge on any atom is -0.468 e. The summed E-state index contributed by atoms with van der Waals surface area (Å²) in [6.07, 6.45) is 1.82. The molecular weight excluding hydrogens is 258 g/mol. The molecule has 3 nitrogen and oxygen atoms in total. The number of esters is 1. The lowest BCUT2D eigenvalue weighted by Gasteiger charge is -2.05. The Morgan fingerprint density at radius 1 is 1.47 bits per heavy atom. The number of methoxy groups -OCH3 is 1. The third kappa shape index (κ3) is 1.77. The summed E-state index contributed by atoms with van der Waals surface area (Å²) in [4.78, 5) is 14.1. The minimum absolute atomic E-state index is 0.292. The molecular formula is C11H10BrNO2. The van der Waals surface area contributed by atoms with Crippen molar-refractivity contribution in [3.05, 3.63) is 36.0 Å². The van der Waals surface area contributed by atoms with E-state index < -0.39 is 4.83 Å². The molecule has 0 aliphatic heterocycles. The predicted molar refractivity (Wildman–Crippen MR) is 62.0 cm³/mol. The molecule has 0 spiro atoms. The van der Waals surface area contributed by atoms with E-state index in [1.807, 2.05) is 30.5 Å². The molecule has 78 valence electrons. The molecule has 0 aliphatic carbocycles. The number of hydrogen-bond donors (Lipinski definition) is 1. The van der Waals surface area contributed by atoms with Gasteiger partial charge in [0.15, 0.2) is 0 Å². The summed E-state index contributed by atoms with van der Waals surface area (Å²) in [6.45, 7) is 0. The number of halogens is 1. The zero-order chi connectivity index (χ0) is 10.8. The maximum atomic E-state index is 11.4. The highest BCUT2D eigenvalue weighted by molar-refractivity contribution is 9.09. The average molecular weight is 268 g/mol. The molecule has 0 amide bonds. The number of benzene rings is 1. The summed E-state index contributed by atoms with van der Waals surface area (Å²) >= 11 is 3.32. The van der Waals surface area contributed by atoms with E-state index in [0.29, 0.717) is 0 Å². The molecule has 2 aromatic rings. The van der Waals surface area contributed by atoms with Crippen LogP contribution in [-0.2, 0) is 9.53 Å². The van der Waals surface area contributed by atoms with Gasteiger partial charge in [0.05, 0.1) is 7.11 Å². The number of carbonyl (C=O) groups excluding carboxylic acids is 1. The Hall–Kier alpha value is -1.29. The number of H-pyrrole nitrogens is 1. The number of aromatic amines is 1. The molecule has 4 heteroatoms. The van der Waals surface area contributed by atoms with Crippen LogP contribution in [0.15, 0.2) is 30.5 Å².